The molecule has 24 heavy (non-hydrogen) atoms. The largest absolute Gasteiger partial charge is 0.487 e. The van der Waals surface area contributed by atoms with Gasteiger partial charge in [-0.3, -0.25) is 0 Å². The Morgan fingerprint density at radius 1 is 1.08 bits per heavy atom. The third-order valence-corrected chi connectivity index (χ3v) is 3.58. The molecule has 122 valence electrons. The molecule has 0 aliphatic carbocycles. The maximum atomic E-state index is 11.4. The highest BCUT2D eigenvalue weighted by atomic mass is 16.5. The van der Waals surface area contributed by atoms with Gasteiger partial charge in [0.25, 0.3) is 0 Å². The Hall–Kier alpha value is -3.12. The highest BCUT2D eigenvalue weighted by Crippen LogP contribution is 2.19. The van der Waals surface area contributed by atoms with Crippen LogP contribution in [0.25, 0.3) is 5.69 Å². The number of benzene rings is 2. The van der Waals surface area contributed by atoms with Gasteiger partial charge in [0.1, 0.15) is 17.9 Å². The second-order valence-electron chi connectivity index (χ2n) is 5.15. The van der Waals surface area contributed by atoms with Crippen LogP contribution in [0.3, 0.4) is 0 Å². The highest BCUT2D eigenvalue weighted by Gasteiger charge is 2.18. The van der Waals surface area contributed by atoms with E-state index in [0.29, 0.717) is 11.4 Å². The molecule has 6 heteroatoms. The molecule has 0 bridgehead atoms. The van der Waals surface area contributed by atoms with Gasteiger partial charge in [-0.25, -0.2) is 9.48 Å². The molecule has 0 amide bonds. The molecule has 0 radical (unpaired) electrons. The molecule has 0 spiro atoms. The fourth-order valence-electron chi connectivity index (χ4n) is 2.33. The molecule has 2 aromatic carbocycles. The maximum absolute atomic E-state index is 11.4. The summed E-state index contributed by atoms with van der Waals surface area (Å²) in [4.78, 5) is 11.4. The summed E-state index contributed by atoms with van der Waals surface area (Å²) in [6.45, 7) is 0.0270. The number of carbonyl (C=O) groups is 1. The predicted octanol–water partition coefficient (Wildman–Crippen LogP) is 2.64. The van der Waals surface area contributed by atoms with Gasteiger partial charge in [-0.05, 0) is 29.8 Å². The molecule has 0 aliphatic heterocycles. The average molecular weight is 324 g/mol. The molecular weight excluding hydrogens is 308 g/mol. The number of aromatic nitrogens is 2. The Morgan fingerprint density at radius 3 is 2.42 bits per heavy atom. The molecule has 0 unspecified atom stereocenters. The first kappa shape index (κ1) is 15.8. The molecule has 3 rings (SSSR count). The highest BCUT2D eigenvalue weighted by molar-refractivity contribution is 5.88. The van der Waals surface area contributed by atoms with Crippen molar-refractivity contribution in [2.45, 2.75) is 13.2 Å². The second kappa shape index (κ2) is 6.97. The van der Waals surface area contributed by atoms with E-state index < -0.39 is 5.97 Å². The van der Waals surface area contributed by atoms with E-state index in [9.17, 15) is 9.90 Å². The summed E-state index contributed by atoms with van der Waals surface area (Å²) in [5, 5.41) is 22.6. The van der Waals surface area contributed by atoms with Crippen molar-refractivity contribution in [1.29, 1.82) is 0 Å². The van der Waals surface area contributed by atoms with Crippen LogP contribution in [0.5, 0.6) is 5.75 Å². The van der Waals surface area contributed by atoms with Crippen LogP contribution in [0.2, 0.25) is 0 Å². The van der Waals surface area contributed by atoms with E-state index in [1.54, 1.807) is 28.9 Å². The molecule has 6 nitrogen and oxygen atoms in total. The summed E-state index contributed by atoms with van der Waals surface area (Å²) in [5.74, 6) is -0.462. The Kier molecular flexibility index (Phi) is 4.58. The maximum Gasteiger partial charge on any atom is 0.339 e. The van der Waals surface area contributed by atoms with Crippen molar-refractivity contribution in [2.24, 2.45) is 0 Å². The number of para-hydroxylation sites is 1. The van der Waals surface area contributed by atoms with Crippen molar-refractivity contribution in [3.63, 3.8) is 0 Å². The first-order valence-corrected chi connectivity index (χ1v) is 7.37. The average Bonchev–Trinajstić information content (AvgIpc) is 3.05. The topological polar surface area (TPSA) is 84.6 Å². The van der Waals surface area contributed by atoms with Gasteiger partial charge >= 0.3 is 5.97 Å². The molecule has 3 aromatic rings. The van der Waals surface area contributed by atoms with Gasteiger partial charge in [-0.15, -0.1) is 0 Å². The zero-order chi connectivity index (χ0) is 16.9. The molecule has 0 aliphatic rings. The minimum absolute atomic E-state index is 0.0375. The van der Waals surface area contributed by atoms with Crippen LogP contribution in [-0.4, -0.2) is 26.0 Å². The number of carboxylic acid groups (broad SMARTS) is 1. The SMILES string of the molecule is O=C(O)c1cnn(-c2ccccc2)c1COc1ccc(CO)cc1. The van der Waals surface area contributed by atoms with Gasteiger partial charge in [-0.1, -0.05) is 30.3 Å². The molecule has 2 N–H and O–H groups in total. The smallest absolute Gasteiger partial charge is 0.339 e. The summed E-state index contributed by atoms with van der Waals surface area (Å²) in [6, 6.07) is 16.3. The van der Waals surface area contributed by atoms with Crippen LogP contribution in [0, 0.1) is 0 Å². The van der Waals surface area contributed by atoms with Crippen LogP contribution in [0.1, 0.15) is 21.6 Å². The van der Waals surface area contributed by atoms with Gasteiger partial charge in [0, 0.05) is 0 Å². The Bertz CT molecular complexity index is 826. The van der Waals surface area contributed by atoms with Crippen molar-refractivity contribution < 1.29 is 19.7 Å². The minimum atomic E-state index is -1.05. The van der Waals surface area contributed by atoms with E-state index in [4.69, 9.17) is 9.84 Å². The number of nitrogens with zero attached hydrogens (tertiary/aromatic N) is 2. The molecule has 0 fully saturated rings. The van der Waals surface area contributed by atoms with Gasteiger partial charge < -0.3 is 14.9 Å². The first-order chi connectivity index (χ1) is 11.7. The van der Waals surface area contributed by atoms with Crippen molar-refractivity contribution in [3.8, 4) is 11.4 Å². The lowest BCUT2D eigenvalue weighted by molar-refractivity contribution is 0.0693. The standard InChI is InChI=1S/C18H16N2O4/c21-11-13-6-8-15(9-7-13)24-12-17-16(18(22)23)10-19-20(17)14-4-2-1-3-5-14/h1-10,21H,11-12H2,(H,22,23). The zero-order valence-electron chi connectivity index (χ0n) is 12.8. The van der Waals surface area contributed by atoms with Crippen molar-refractivity contribution in [2.75, 3.05) is 0 Å². The van der Waals surface area contributed by atoms with Gasteiger partial charge in [-0.2, -0.15) is 5.10 Å². The number of aliphatic hydroxyl groups is 1. The Morgan fingerprint density at radius 2 is 1.79 bits per heavy atom. The third-order valence-electron chi connectivity index (χ3n) is 3.58. The predicted molar refractivity (Wildman–Crippen MR) is 87.2 cm³/mol. The van der Waals surface area contributed by atoms with Gasteiger partial charge in [0.15, 0.2) is 0 Å². The van der Waals surface area contributed by atoms with Crippen LogP contribution in [-0.2, 0) is 13.2 Å². The fourth-order valence-corrected chi connectivity index (χ4v) is 2.33. The lowest BCUT2D eigenvalue weighted by Crippen LogP contribution is -2.10. The summed E-state index contributed by atoms with van der Waals surface area (Å²) in [5.41, 5.74) is 2.10. The lowest BCUT2D eigenvalue weighted by atomic mass is 10.2. The minimum Gasteiger partial charge on any atom is -0.487 e. The lowest BCUT2D eigenvalue weighted by Gasteiger charge is -2.11. The molecule has 0 atom stereocenters. The quantitative estimate of drug-likeness (QED) is 0.728. The number of aliphatic hydroxyl groups excluding tert-OH is 1. The van der Waals surface area contributed by atoms with Crippen LogP contribution >= 0.6 is 0 Å². The third kappa shape index (κ3) is 3.28. The van der Waals surface area contributed by atoms with Crippen LogP contribution < -0.4 is 4.74 Å². The van der Waals surface area contributed by atoms with Crippen LogP contribution in [0.15, 0.2) is 60.8 Å². The van der Waals surface area contributed by atoms with E-state index in [1.165, 1.54) is 6.20 Å². The summed E-state index contributed by atoms with van der Waals surface area (Å²) in [6.07, 6.45) is 1.32. The van der Waals surface area contributed by atoms with E-state index in [2.05, 4.69) is 5.10 Å². The van der Waals surface area contributed by atoms with Crippen molar-refractivity contribution in [1.82, 2.24) is 9.78 Å². The van der Waals surface area contributed by atoms with Gasteiger partial charge in [0.2, 0.25) is 0 Å². The van der Waals surface area contributed by atoms with E-state index in [0.717, 1.165) is 11.3 Å². The van der Waals surface area contributed by atoms with E-state index in [1.807, 2.05) is 30.3 Å². The molecule has 0 saturated heterocycles. The fraction of sp³-hybridized carbons (Fsp3) is 0.111. The summed E-state index contributed by atoms with van der Waals surface area (Å²) in [7, 11) is 0. The number of ether oxygens (including phenoxy) is 1. The summed E-state index contributed by atoms with van der Waals surface area (Å²) >= 11 is 0. The van der Waals surface area contributed by atoms with Gasteiger partial charge in [0.05, 0.1) is 24.2 Å². The number of carboxylic acids is 1. The molecular formula is C18H16N2O4. The molecule has 1 heterocycles. The second-order valence-corrected chi connectivity index (χ2v) is 5.15. The van der Waals surface area contributed by atoms with Crippen molar-refractivity contribution >= 4 is 5.97 Å². The number of rotatable bonds is 6. The molecule has 1 aromatic heterocycles. The number of aromatic carboxylic acids is 1. The van der Waals surface area contributed by atoms with E-state index in [-0.39, 0.29) is 18.8 Å². The zero-order valence-corrected chi connectivity index (χ0v) is 12.8. The van der Waals surface area contributed by atoms with E-state index >= 15 is 0 Å². The first-order valence-electron chi connectivity index (χ1n) is 7.37. The number of hydrogen-bond acceptors (Lipinski definition) is 4. The molecule has 0 saturated carbocycles. The Labute approximate surface area is 138 Å². The summed E-state index contributed by atoms with van der Waals surface area (Å²) < 4.78 is 7.26. The van der Waals surface area contributed by atoms with Crippen LogP contribution in [0.4, 0.5) is 0 Å². The Balaban J connectivity index is 1.87. The monoisotopic (exact) mass is 324 g/mol. The van der Waals surface area contributed by atoms with Crippen molar-refractivity contribution in [3.05, 3.63) is 77.6 Å². The number of hydrogen-bond donors (Lipinski definition) is 2. The normalized spacial score (nSPS) is 10.5.